The highest BCUT2D eigenvalue weighted by Gasteiger charge is 2.35. The van der Waals surface area contributed by atoms with E-state index in [1.165, 1.54) is 6.08 Å². The zero-order chi connectivity index (χ0) is 30.8. The Labute approximate surface area is 252 Å². The summed E-state index contributed by atoms with van der Waals surface area (Å²) in [5, 5.41) is 18.5. The average molecular weight is 654 g/mol. The molecule has 0 unspecified atom stereocenters. The molecule has 1 fully saturated rings. The van der Waals surface area contributed by atoms with Crippen LogP contribution in [0.25, 0.3) is 11.0 Å². The Morgan fingerprint density at radius 3 is 2.43 bits per heavy atom. The van der Waals surface area contributed by atoms with E-state index in [1.54, 1.807) is 41.3 Å². The van der Waals surface area contributed by atoms with E-state index >= 15 is 0 Å². The van der Waals surface area contributed by atoms with E-state index in [-0.39, 0.29) is 30.8 Å². The van der Waals surface area contributed by atoms with Crippen LogP contribution in [0, 0.1) is 0 Å². The minimum atomic E-state index is -4.24. The molecule has 1 aromatic heterocycles. The van der Waals surface area contributed by atoms with Crippen LogP contribution >= 0.6 is 35.3 Å². The number of carboxylic acid groups (broad SMARTS) is 2. The molecule has 0 saturated carbocycles. The number of ether oxygens (including phenoxy) is 1. The van der Waals surface area contributed by atoms with Gasteiger partial charge in [-0.15, -0.1) is 11.3 Å². The van der Waals surface area contributed by atoms with E-state index in [0.717, 1.165) is 32.6 Å². The van der Waals surface area contributed by atoms with Crippen molar-refractivity contribution in [2.75, 3.05) is 23.7 Å². The lowest BCUT2D eigenvalue weighted by atomic mass is 10.2. The van der Waals surface area contributed by atoms with Gasteiger partial charge in [-0.05, 0) is 36.3 Å². The first-order valence-corrected chi connectivity index (χ1v) is 15.8. The molecule has 2 aromatic rings. The summed E-state index contributed by atoms with van der Waals surface area (Å²) in [5.74, 6) is -3.11. The number of amides is 1. The van der Waals surface area contributed by atoms with Crippen molar-refractivity contribution >= 4 is 84.3 Å². The molecule has 222 valence electrons. The smallest absolute Gasteiger partial charge is 0.323 e. The van der Waals surface area contributed by atoms with Crippen molar-refractivity contribution in [2.24, 2.45) is 0 Å². The van der Waals surface area contributed by atoms with Gasteiger partial charge in [0.2, 0.25) is 5.88 Å². The number of thiocarbonyl (C=S) groups is 1. The van der Waals surface area contributed by atoms with E-state index in [4.69, 9.17) is 22.1 Å². The summed E-state index contributed by atoms with van der Waals surface area (Å²) in [5.41, 5.74) is 0.558. The van der Waals surface area contributed by atoms with Gasteiger partial charge in [-0.25, -0.2) is 0 Å². The average Bonchev–Trinajstić information content (AvgIpc) is 3.51. The fraction of sp³-hybridized carbons (Fsp3) is 0.240. The molecule has 0 atom stereocenters. The van der Waals surface area contributed by atoms with Crippen molar-refractivity contribution in [1.29, 1.82) is 0 Å². The fourth-order valence-electron chi connectivity index (χ4n) is 3.99. The zero-order valence-electron chi connectivity index (χ0n) is 21.8. The number of thiazole rings is 1. The molecule has 1 saturated heterocycles. The molecule has 0 spiro atoms. The maximum absolute atomic E-state index is 13.3. The summed E-state index contributed by atoms with van der Waals surface area (Å²) in [6.45, 7) is 0.330. The lowest BCUT2D eigenvalue weighted by molar-refractivity contribution is -0.140. The lowest BCUT2D eigenvalue weighted by Gasteiger charge is -2.17. The van der Waals surface area contributed by atoms with Crippen molar-refractivity contribution in [3.05, 3.63) is 67.4 Å². The molecule has 0 radical (unpaired) electrons. The Balaban J connectivity index is 1.78. The molecule has 3 heterocycles. The van der Waals surface area contributed by atoms with Crippen molar-refractivity contribution < 1.29 is 42.3 Å². The second-order valence-electron chi connectivity index (χ2n) is 8.79. The standard InChI is InChI=1S/C25H23N3O10S4/c1-2-14(7-8-18-26(9-10-42(35,36)37)15-5-3-4-6-16(15)38-18)11-17-22(33)27(12-19(29)30)24(40-17)21-23(34)28(13-20(31)32)25(39)41-21/h3-8,11H,2,9-10,12-13H2,1H3,(H,29,30)(H,31,32)(H,35,36,37). The van der Waals surface area contributed by atoms with E-state index < -0.39 is 52.4 Å². The van der Waals surface area contributed by atoms with Gasteiger partial charge in [0.1, 0.15) is 27.0 Å². The molecule has 2 aliphatic heterocycles. The highest BCUT2D eigenvalue weighted by Crippen LogP contribution is 2.38. The van der Waals surface area contributed by atoms with E-state index in [1.807, 2.05) is 6.92 Å². The number of hydrogen-bond acceptors (Lipinski definition) is 11. The lowest BCUT2D eigenvalue weighted by Crippen LogP contribution is -2.36. The Hall–Kier alpha value is -3.77. The van der Waals surface area contributed by atoms with Gasteiger partial charge in [0.25, 0.3) is 21.6 Å². The molecule has 13 nitrogen and oxygen atoms in total. The first-order valence-electron chi connectivity index (χ1n) is 12.1. The molecule has 42 heavy (non-hydrogen) atoms. The molecule has 0 aliphatic carbocycles. The molecule has 2 aliphatic rings. The van der Waals surface area contributed by atoms with Gasteiger partial charge in [0, 0.05) is 6.54 Å². The van der Waals surface area contributed by atoms with E-state index in [2.05, 4.69) is 0 Å². The van der Waals surface area contributed by atoms with Gasteiger partial charge in [0.05, 0.1) is 16.0 Å². The predicted octanol–water partition coefficient (Wildman–Crippen LogP) is 0.793. The number of aliphatic carboxylic acids is 2. The van der Waals surface area contributed by atoms with E-state index in [9.17, 15) is 37.3 Å². The number of thioether (sulfide) groups is 1. The molecular formula is C25H23N3O10S4. The number of para-hydroxylation sites is 2. The summed E-state index contributed by atoms with van der Waals surface area (Å²) < 4.78 is 38.9. The molecule has 1 aromatic carbocycles. The van der Waals surface area contributed by atoms with Gasteiger partial charge in [-0.2, -0.15) is 8.42 Å². The Morgan fingerprint density at radius 1 is 1.10 bits per heavy atom. The third-order valence-corrected chi connectivity index (χ3v) is 9.31. The number of rotatable bonds is 10. The number of hydrogen-bond donors (Lipinski definition) is 3. The topological polar surface area (TPSA) is 184 Å². The van der Waals surface area contributed by atoms with Gasteiger partial charge in [0.15, 0.2) is 5.75 Å². The number of carbonyl (C=O) groups excluding carboxylic acids is 1. The van der Waals surface area contributed by atoms with Gasteiger partial charge < -0.3 is 19.8 Å². The summed E-state index contributed by atoms with van der Waals surface area (Å²) >= 11 is 6.80. The Kier molecular flexibility index (Phi) is 9.37. The third kappa shape index (κ3) is 6.99. The third-order valence-electron chi connectivity index (χ3n) is 5.91. The van der Waals surface area contributed by atoms with Crippen LogP contribution in [0.4, 0.5) is 5.69 Å². The van der Waals surface area contributed by atoms with Crippen LogP contribution in [0.1, 0.15) is 13.3 Å². The molecule has 3 N–H and O–H groups in total. The van der Waals surface area contributed by atoms with Crippen LogP contribution < -0.4 is 24.4 Å². The molecule has 0 bridgehead atoms. The first kappa shape index (κ1) is 31.2. The quantitative estimate of drug-likeness (QED) is 0.242. The number of nitrogens with zero attached hydrogens (tertiary/aromatic N) is 3. The molecule has 1 amide bonds. The second kappa shape index (κ2) is 12.6. The number of benzene rings is 1. The second-order valence-corrected chi connectivity index (χ2v) is 13.0. The van der Waals surface area contributed by atoms with Crippen molar-refractivity contribution in [3.8, 4) is 5.75 Å². The van der Waals surface area contributed by atoms with Gasteiger partial charge in [-0.3, -0.25) is 33.2 Å². The highest BCUT2D eigenvalue weighted by atomic mass is 32.2. The van der Waals surface area contributed by atoms with Crippen molar-refractivity contribution in [1.82, 2.24) is 9.47 Å². The molecule has 4 rings (SSSR count). The normalized spacial score (nSPS) is 18.2. The number of carbonyl (C=O) groups is 3. The number of fused-ring (bicyclic) bond motifs is 1. The van der Waals surface area contributed by atoms with Crippen LogP contribution in [-0.2, 0) is 31.0 Å². The summed E-state index contributed by atoms with van der Waals surface area (Å²) in [6, 6.07) is 6.94. The van der Waals surface area contributed by atoms with Crippen LogP contribution in [0.5, 0.6) is 5.75 Å². The number of anilines is 1. The first-order chi connectivity index (χ1) is 19.8. The number of allylic oxidation sites excluding steroid dienone is 3. The van der Waals surface area contributed by atoms with E-state index in [0.29, 0.717) is 23.4 Å². The largest absolute Gasteiger partial charge is 0.480 e. The Bertz CT molecular complexity index is 1840. The summed E-state index contributed by atoms with van der Waals surface area (Å²) in [4.78, 5) is 51.3. The Morgan fingerprint density at radius 2 is 1.79 bits per heavy atom. The molecular weight excluding hydrogens is 631 g/mol. The van der Waals surface area contributed by atoms with Crippen LogP contribution in [0.2, 0.25) is 0 Å². The zero-order valence-corrected chi connectivity index (χ0v) is 25.0. The fourth-order valence-corrected chi connectivity index (χ4v) is 6.94. The maximum atomic E-state index is 13.3. The number of carboxylic acids is 2. The summed E-state index contributed by atoms with van der Waals surface area (Å²) in [6.07, 6.45) is 5.19. The van der Waals surface area contributed by atoms with Crippen molar-refractivity contribution in [3.63, 3.8) is 0 Å². The minimum Gasteiger partial charge on any atom is -0.480 e. The van der Waals surface area contributed by atoms with Crippen LogP contribution in [0.3, 0.4) is 0 Å². The predicted molar refractivity (Wildman–Crippen MR) is 160 cm³/mol. The SMILES string of the molecule is CCC(=CC=C1Oc2ccccc2N1CCS(=O)(=O)O)C=c1sc(=C2SC(=S)N(CC(=O)O)C2=O)n(CC(=O)O)c1=O. The number of aromatic nitrogens is 1. The highest BCUT2D eigenvalue weighted by molar-refractivity contribution is 8.30. The van der Waals surface area contributed by atoms with Gasteiger partial charge in [-0.1, -0.05) is 49.1 Å². The minimum absolute atomic E-state index is 0.0254. The van der Waals surface area contributed by atoms with Gasteiger partial charge >= 0.3 is 11.9 Å². The summed E-state index contributed by atoms with van der Waals surface area (Å²) in [7, 11) is -4.24. The van der Waals surface area contributed by atoms with Crippen molar-refractivity contribution in [2.45, 2.75) is 19.9 Å². The van der Waals surface area contributed by atoms with Crippen LogP contribution in [-0.4, -0.2) is 73.7 Å². The molecule has 17 heteroatoms. The maximum Gasteiger partial charge on any atom is 0.323 e. The monoisotopic (exact) mass is 653 g/mol. The van der Waals surface area contributed by atoms with Crippen LogP contribution in [0.15, 0.2) is 52.7 Å².